The van der Waals surface area contributed by atoms with Gasteiger partial charge in [0.05, 0.1) is 14.1 Å². The first kappa shape index (κ1) is 13.8. The van der Waals surface area contributed by atoms with Gasteiger partial charge in [0.25, 0.3) is 0 Å². The molecule has 0 aromatic heterocycles. The normalized spacial score (nSPS) is 10.0. The number of hydrogen-bond donors (Lipinski definition) is 1. The van der Waals surface area contributed by atoms with Gasteiger partial charge in [0.15, 0.2) is 0 Å². The molecule has 0 fully saturated rings. The smallest absolute Gasteiger partial charge is 0.249 e. The highest BCUT2D eigenvalue weighted by molar-refractivity contribution is 8.13. The molecule has 0 rings (SSSR count). The fourth-order valence-electron chi connectivity index (χ4n) is 0.399. The molecule has 0 unspecified atom stereocenters. The van der Waals surface area contributed by atoms with Crippen molar-refractivity contribution in [2.75, 3.05) is 27.4 Å². The van der Waals surface area contributed by atoms with E-state index in [2.05, 4.69) is 10.3 Å². The predicted molar refractivity (Wildman–Crippen MR) is 48.2 cm³/mol. The van der Waals surface area contributed by atoms with Gasteiger partial charge >= 0.3 is 0 Å². The quantitative estimate of drug-likeness (QED) is 0.245. The Bertz CT molecular complexity index is 152. The van der Waals surface area contributed by atoms with E-state index in [1.165, 1.54) is 0 Å². The van der Waals surface area contributed by atoms with Crippen molar-refractivity contribution in [2.24, 2.45) is 4.99 Å². The third-order valence-electron chi connectivity index (χ3n) is 0.843. The highest BCUT2D eigenvalue weighted by Gasteiger charge is 1.95. The van der Waals surface area contributed by atoms with Gasteiger partial charge in [0.1, 0.15) is 0 Å². The van der Waals surface area contributed by atoms with Crippen LogP contribution in [0.5, 0.6) is 0 Å². The van der Waals surface area contributed by atoms with E-state index in [0.717, 1.165) is 5.17 Å². The first-order valence-corrected chi connectivity index (χ1v) is 4.20. The van der Waals surface area contributed by atoms with Crippen LogP contribution in [-0.4, -0.2) is 43.5 Å². The van der Waals surface area contributed by atoms with Crippen LogP contribution in [0.1, 0.15) is 0 Å². The van der Waals surface area contributed by atoms with Crippen molar-refractivity contribution in [1.82, 2.24) is 5.32 Å². The van der Waals surface area contributed by atoms with Crippen molar-refractivity contribution >= 4 is 23.3 Å². The maximum atomic E-state index is 3.99. The van der Waals surface area contributed by atoms with Gasteiger partial charge in [-0.15, -0.1) is 0 Å². The van der Waals surface area contributed by atoms with Crippen molar-refractivity contribution in [3.05, 3.63) is 0 Å². The number of aliphatic imine (C=N–C) groups is 1. The summed E-state index contributed by atoms with van der Waals surface area (Å²) in [5, 5.41) is 3.96. The minimum absolute atomic E-state index is 0. The molecule has 0 saturated carbocycles. The average molecular weight is 287 g/mol. The fourth-order valence-corrected chi connectivity index (χ4v) is 0.752. The summed E-state index contributed by atoms with van der Waals surface area (Å²) in [6.45, 7) is 0. The lowest BCUT2D eigenvalue weighted by molar-refractivity contribution is -0.460. The van der Waals surface area contributed by atoms with Crippen LogP contribution >= 0.6 is 11.8 Å². The summed E-state index contributed by atoms with van der Waals surface area (Å²) in [4.78, 5) is 3.99. The highest BCUT2D eigenvalue weighted by Crippen LogP contribution is 1.90. The molecule has 0 atom stereocenters. The molecule has 0 amide bonds. The lowest BCUT2D eigenvalue weighted by atomic mass is 11.0. The molecule has 11 heavy (non-hydrogen) atoms. The Morgan fingerprint density at radius 2 is 2.09 bits per heavy atom. The van der Waals surface area contributed by atoms with Crippen LogP contribution in [0.15, 0.2) is 4.99 Å². The van der Waals surface area contributed by atoms with Crippen molar-refractivity contribution in [2.45, 2.75) is 0 Å². The molecule has 0 bridgehead atoms. The molecule has 66 valence electrons. The Hall–Kier alpha value is 0.220. The van der Waals surface area contributed by atoms with Crippen LogP contribution in [0.3, 0.4) is 0 Å². The van der Waals surface area contributed by atoms with E-state index >= 15 is 0 Å². The number of amidine groups is 1. The number of thioether (sulfide) groups is 1. The minimum atomic E-state index is 0. The molecule has 3 nitrogen and oxygen atoms in total. The van der Waals surface area contributed by atoms with Crippen LogP contribution in [0, 0.1) is 0 Å². The maximum Gasteiger partial charge on any atom is 0.249 e. The van der Waals surface area contributed by atoms with Gasteiger partial charge < -0.3 is 24.0 Å². The van der Waals surface area contributed by atoms with Gasteiger partial charge in [0.2, 0.25) is 11.5 Å². The van der Waals surface area contributed by atoms with E-state index < -0.39 is 0 Å². The number of nitrogens with zero attached hydrogens (tertiary/aromatic N) is 2. The zero-order valence-electron chi connectivity index (χ0n) is 7.26. The number of halogens is 1. The van der Waals surface area contributed by atoms with Crippen molar-refractivity contribution in [1.29, 1.82) is 0 Å². The summed E-state index contributed by atoms with van der Waals surface area (Å²) >= 11 is 1.59. The zero-order chi connectivity index (χ0) is 7.98. The molecule has 1 N–H and O–H groups in total. The molecule has 5 heteroatoms. The SMILES string of the molecule is CN=C(NC=[N+](C)C)SC.[I-]. The van der Waals surface area contributed by atoms with E-state index in [-0.39, 0.29) is 24.0 Å². The van der Waals surface area contributed by atoms with E-state index in [1.807, 2.05) is 31.3 Å². The van der Waals surface area contributed by atoms with Crippen LogP contribution in [0.4, 0.5) is 0 Å². The Morgan fingerprint density at radius 3 is 2.36 bits per heavy atom. The maximum absolute atomic E-state index is 3.99. The predicted octanol–water partition coefficient (Wildman–Crippen LogP) is -2.77. The highest BCUT2D eigenvalue weighted by atomic mass is 127. The van der Waals surface area contributed by atoms with E-state index in [4.69, 9.17) is 0 Å². The molecule has 0 saturated heterocycles. The monoisotopic (exact) mass is 287 g/mol. The topological polar surface area (TPSA) is 27.4 Å². The van der Waals surface area contributed by atoms with Gasteiger partial charge in [-0.1, -0.05) is 11.8 Å². The molecule has 0 radical (unpaired) electrons. The van der Waals surface area contributed by atoms with Crippen LogP contribution in [-0.2, 0) is 0 Å². The molecule has 0 aromatic rings. The Kier molecular flexibility index (Phi) is 10.4. The zero-order valence-corrected chi connectivity index (χ0v) is 10.2. The Balaban J connectivity index is 0. The number of hydrogen-bond acceptors (Lipinski definition) is 2. The van der Waals surface area contributed by atoms with Gasteiger partial charge in [-0.25, -0.2) is 10.3 Å². The standard InChI is InChI=1S/C6H13N3S.HI/c1-7-6(10-4)8-5-9(2)3;/h5H,1-4H3;1H. The minimum Gasteiger partial charge on any atom is -1.00 e. The second-order valence-corrected chi connectivity index (χ2v) is 2.76. The Labute approximate surface area is 89.4 Å². The second-order valence-electron chi connectivity index (χ2n) is 1.97. The van der Waals surface area contributed by atoms with Crippen molar-refractivity contribution < 1.29 is 28.6 Å². The molecule has 0 aromatic carbocycles. The summed E-state index contributed by atoms with van der Waals surface area (Å²) in [5.41, 5.74) is 0. The molecular formula is C6H14IN3S. The first-order valence-electron chi connectivity index (χ1n) is 2.97. The summed E-state index contributed by atoms with van der Waals surface area (Å²) in [7, 11) is 5.68. The first-order chi connectivity index (χ1) is 4.70. The fraction of sp³-hybridized carbons (Fsp3) is 0.667. The van der Waals surface area contributed by atoms with Crippen LogP contribution < -0.4 is 29.3 Å². The molecule has 0 spiro atoms. The lowest BCUT2D eigenvalue weighted by Gasteiger charge is -1.93. The van der Waals surface area contributed by atoms with E-state index in [9.17, 15) is 0 Å². The second kappa shape index (κ2) is 8.32. The van der Waals surface area contributed by atoms with Crippen molar-refractivity contribution in [3.63, 3.8) is 0 Å². The van der Waals surface area contributed by atoms with Crippen LogP contribution in [0.25, 0.3) is 0 Å². The van der Waals surface area contributed by atoms with Gasteiger partial charge in [-0.3, -0.25) is 4.58 Å². The summed E-state index contributed by atoms with van der Waals surface area (Å²) in [5.74, 6) is 0. The van der Waals surface area contributed by atoms with E-state index in [0.29, 0.717) is 0 Å². The van der Waals surface area contributed by atoms with Crippen molar-refractivity contribution in [3.8, 4) is 0 Å². The van der Waals surface area contributed by atoms with Gasteiger partial charge in [-0.05, 0) is 6.26 Å². The molecule has 0 aliphatic rings. The summed E-state index contributed by atoms with van der Waals surface area (Å²) in [6.07, 6.45) is 3.84. The summed E-state index contributed by atoms with van der Waals surface area (Å²) < 4.78 is 1.93. The average Bonchev–Trinajstić information content (AvgIpc) is 1.90. The lowest BCUT2D eigenvalue weighted by Crippen LogP contribution is -3.00. The summed E-state index contributed by atoms with van der Waals surface area (Å²) in [6, 6.07) is 0. The molecular weight excluding hydrogens is 273 g/mol. The van der Waals surface area contributed by atoms with Gasteiger partial charge in [-0.2, -0.15) is 0 Å². The number of rotatable bonds is 1. The van der Waals surface area contributed by atoms with Gasteiger partial charge in [0, 0.05) is 7.05 Å². The molecule has 0 heterocycles. The van der Waals surface area contributed by atoms with E-state index in [1.54, 1.807) is 18.8 Å². The number of nitrogens with one attached hydrogen (secondary N) is 1. The third kappa shape index (κ3) is 8.12. The molecule has 0 aliphatic heterocycles. The Morgan fingerprint density at radius 1 is 1.55 bits per heavy atom. The van der Waals surface area contributed by atoms with Crippen LogP contribution in [0.2, 0.25) is 0 Å². The largest absolute Gasteiger partial charge is 1.00 e. The third-order valence-corrected chi connectivity index (χ3v) is 1.53. The molecule has 0 aliphatic carbocycles.